The maximum atomic E-state index is 13.4. The topological polar surface area (TPSA) is 101 Å². The Morgan fingerprint density at radius 1 is 0.864 bits per heavy atom. The lowest BCUT2D eigenvalue weighted by Crippen LogP contribution is -2.27. The lowest BCUT2D eigenvalue weighted by Gasteiger charge is -2.20. The Kier molecular flexibility index (Phi) is 7.84. The van der Waals surface area contributed by atoms with E-state index in [2.05, 4.69) is 5.32 Å². The summed E-state index contributed by atoms with van der Waals surface area (Å²) in [6.07, 6.45) is 8.24. The molecule has 0 saturated carbocycles. The van der Waals surface area contributed by atoms with Crippen LogP contribution in [0.5, 0.6) is 0 Å². The van der Waals surface area contributed by atoms with E-state index >= 15 is 0 Å². The monoisotopic (exact) mass is 621 g/mol. The van der Waals surface area contributed by atoms with Crippen molar-refractivity contribution in [3.05, 3.63) is 145 Å². The van der Waals surface area contributed by atoms with Crippen LogP contribution in [0.4, 0.5) is 5.69 Å². The summed E-state index contributed by atoms with van der Waals surface area (Å²) < 4.78 is 26.8. The summed E-state index contributed by atoms with van der Waals surface area (Å²) in [7, 11) is -3.63. The second-order valence-corrected chi connectivity index (χ2v) is 13.2. The molecule has 2 N–H and O–H groups in total. The average Bonchev–Trinajstić information content (AvgIpc) is 3.25. The van der Waals surface area contributed by atoms with Gasteiger partial charge in [-0.15, -0.1) is 0 Å². The van der Waals surface area contributed by atoms with Crippen molar-refractivity contribution in [2.24, 2.45) is 0 Å². The van der Waals surface area contributed by atoms with Crippen LogP contribution >= 0.6 is 11.6 Å². The minimum absolute atomic E-state index is 0.114. The number of fused-ring (bicyclic) bond motifs is 5. The van der Waals surface area contributed by atoms with E-state index in [0.717, 1.165) is 38.0 Å². The fourth-order valence-electron chi connectivity index (χ4n) is 5.82. The molecular formula is C36H28ClNO5S. The molecule has 6 nitrogen and oxygen atoms in total. The number of Topliss-reactive ketones (excluding diaryl/α,β-unsaturated/α-hetero) is 1. The van der Waals surface area contributed by atoms with Gasteiger partial charge in [0.25, 0.3) is 0 Å². The number of sulfone groups is 1. The molecule has 2 aliphatic carbocycles. The second-order valence-electron chi connectivity index (χ2n) is 10.8. The van der Waals surface area contributed by atoms with Gasteiger partial charge in [-0.25, -0.2) is 13.2 Å². The number of carbonyl (C=O) groups excluding carboxylic acids is 1. The molecular weight excluding hydrogens is 594 g/mol. The van der Waals surface area contributed by atoms with Gasteiger partial charge in [-0.05, 0) is 95.5 Å². The quantitative estimate of drug-likeness (QED) is 0.294. The zero-order valence-corrected chi connectivity index (χ0v) is 25.4. The lowest BCUT2D eigenvalue weighted by molar-refractivity contribution is -0.132. The van der Waals surface area contributed by atoms with Gasteiger partial charge in [-0.3, -0.25) is 4.79 Å². The molecule has 0 unspecified atom stereocenters. The van der Waals surface area contributed by atoms with Gasteiger partial charge in [0.2, 0.25) is 9.84 Å². The van der Waals surface area contributed by atoms with Crippen LogP contribution in [0.3, 0.4) is 0 Å². The van der Waals surface area contributed by atoms with Crippen LogP contribution < -0.4 is 15.8 Å². The van der Waals surface area contributed by atoms with Crippen LogP contribution in [0.2, 0.25) is 5.02 Å². The molecule has 0 fully saturated rings. The fraction of sp³-hybridized carbons (Fsp3) is 0.111. The number of carboxylic acid groups (broad SMARTS) is 1. The van der Waals surface area contributed by atoms with Gasteiger partial charge in [-0.1, -0.05) is 71.8 Å². The van der Waals surface area contributed by atoms with Crippen LogP contribution in [0.1, 0.15) is 39.9 Å². The van der Waals surface area contributed by atoms with Crippen molar-refractivity contribution in [1.82, 2.24) is 0 Å². The first-order valence-electron chi connectivity index (χ1n) is 14.1. The summed E-state index contributed by atoms with van der Waals surface area (Å²) in [5.41, 5.74) is 4.53. The molecule has 4 aromatic rings. The molecule has 0 bridgehead atoms. The van der Waals surface area contributed by atoms with Gasteiger partial charge in [0.1, 0.15) is 0 Å². The maximum absolute atomic E-state index is 13.4. The standard InChI is InChI=1S/C25H19ClO3S.C11H9NO2/c1-15-8-10-16(11-9-15)30(28,29)24-7-3-5-19-18(24)12-13-20-17-4-2-6-22(26)21(17)14-23(27)25(19)20;13-11(14)9-5-6-12-10-4-2-1-3-8(10)7-9/h2,4,6,8-14H,3,5,7H2,1H3;1-7,12H,(H,13,14). The minimum Gasteiger partial charge on any atom is -0.478 e. The van der Waals surface area contributed by atoms with Crippen molar-refractivity contribution < 1.29 is 23.1 Å². The van der Waals surface area contributed by atoms with E-state index in [9.17, 15) is 18.0 Å². The fourth-order valence-corrected chi connectivity index (χ4v) is 7.72. The molecule has 3 aliphatic rings. The third-order valence-corrected chi connectivity index (χ3v) is 10.3. The lowest BCUT2D eigenvalue weighted by atomic mass is 9.88. The first-order valence-corrected chi connectivity index (χ1v) is 16.0. The highest BCUT2D eigenvalue weighted by molar-refractivity contribution is 8.00. The SMILES string of the molecule is Cc1ccc(S(=O)(=O)C2=c3ccc4c(c3CCC2)C(=O)C=c2c(Cl)cccc2=4)cc1.O=C(O)C1=Cc2ccccc2NC=C1. The Morgan fingerprint density at radius 2 is 1.61 bits per heavy atom. The third-order valence-electron chi connectivity index (χ3n) is 7.98. The summed E-state index contributed by atoms with van der Waals surface area (Å²) in [6.45, 7) is 1.93. The molecule has 1 heterocycles. The van der Waals surface area contributed by atoms with Crippen molar-refractivity contribution >= 4 is 55.9 Å². The van der Waals surface area contributed by atoms with Gasteiger partial charge in [0, 0.05) is 27.7 Å². The molecule has 4 aromatic carbocycles. The van der Waals surface area contributed by atoms with Crippen LogP contribution in [0.15, 0.2) is 102 Å². The number of anilines is 1. The number of carboxylic acids is 1. The molecule has 44 heavy (non-hydrogen) atoms. The molecule has 0 amide bonds. The Bertz CT molecular complexity index is 2250. The number of para-hydroxylation sites is 1. The van der Waals surface area contributed by atoms with E-state index in [-0.39, 0.29) is 11.4 Å². The average molecular weight is 622 g/mol. The highest BCUT2D eigenvalue weighted by Crippen LogP contribution is 2.29. The number of aryl methyl sites for hydroxylation is 1. The van der Waals surface area contributed by atoms with Crippen molar-refractivity contribution in [3.8, 4) is 0 Å². The first-order chi connectivity index (χ1) is 21.1. The molecule has 0 spiro atoms. The molecule has 0 atom stereocenters. The summed E-state index contributed by atoms with van der Waals surface area (Å²) >= 11 is 6.31. The van der Waals surface area contributed by atoms with Crippen LogP contribution in [-0.4, -0.2) is 25.3 Å². The van der Waals surface area contributed by atoms with Crippen molar-refractivity contribution in [2.75, 3.05) is 5.32 Å². The van der Waals surface area contributed by atoms with Crippen LogP contribution in [-0.2, 0) is 21.1 Å². The highest BCUT2D eigenvalue weighted by Gasteiger charge is 2.27. The number of halogens is 1. The van der Waals surface area contributed by atoms with Crippen molar-refractivity contribution in [1.29, 1.82) is 0 Å². The normalized spacial score (nSPS) is 14.6. The predicted octanol–water partition coefficient (Wildman–Crippen LogP) is 5.92. The van der Waals surface area contributed by atoms with Gasteiger partial charge in [0.15, 0.2) is 5.78 Å². The number of hydrogen-bond acceptors (Lipinski definition) is 5. The summed E-state index contributed by atoms with van der Waals surface area (Å²) in [4.78, 5) is 24.5. The van der Waals surface area contributed by atoms with E-state index in [4.69, 9.17) is 16.7 Å². The largest absolute Gasteiger partial charge is 0.478 e. The predicted molar refractivity (Wildman–Crippen MR) is 173 cm³/mol. The molecule has 0 saturated heterocycles. The highest BCUT2D eigenvalue weighted by atomic mass is 35.5. The maximum Gasteiger partial charge on any atom is 0.335 e. The van der Waals surface area contributed by atoms with E-state index in [1.165, 1.54) is 0 Å². The number of carbonyl (C=O) groups is 2. The first kappa shape index (κ1) is 29.4. The number of nitrogens with one attached hydrogen (secondary N) is 1. The molecule has 8 heteroatoms. The number of rotatable bonds is 3. The Balaban J connectivity index is 0.000000205. The summed E-state index contributed by atoms with van der Waals surface area (Å²) in [5, 5.41) is 15.5. The van der Waals surface area contributed by atoms with Crippen LogP contribution in [0.25, 0.3) is 17.1 Å². The van der Waals surface area contributed by atoms with Gasteiger partial charge in [-0.2, -0.15) is 0 Å². The molecule has 220 valence electrons. The Morgan fingerprint density at radius 3 is 2.39 bits per heavy atom. The van der Waals surface area contributed by atoms with Gasteiger partial charge >= 0.3 is 5.97 Å². The van der Waals surface area contributed by atoms with Gasteiger partial charge in [0.05, 0.1) is 15.4 Å². The number of aliphatic carboxylic acids is 1. The Hall–Kier alpha value is -4.72. The minimum atomic E-state index is -3.63. The smallest absolute Gasteiger partial charge is 0.335 e. The zero-order valence-electron chi connectivity index (χ0n) is 23.8. The third kappa shape index (κ3) is 5.41. The summed E-state index contributed by atoms with van der Waals surface area (Å²) in [6, 6.07) is 23.8. The van der Waals surface area contributed by atoms with E-state index in [1.54, 1.807) is 42.6 Å². The molecule has 0 aromatic heterocycles. The van der Waals surface area contributed by atoms with Crippen molar-refractivity contribution in [2.45, 2.75) is 31.1 Å². The molecule has 7 rings (SSSR count). The van der Waals surface area contributed by atoms with E-state index < -0.39 is 15.8 Å². The molecule has 1 aliphatic heterocycles. The second kappa shape index (κ2) is 11.8. The summed E-state index contributed by atoms with van der Waals surface area (Å²) in [5.74, 6) is -1.03. The van der Waals surface area contributed by atoms with E-state index in [1.807, 2.05) is 67.6 Å². The number of benzene rings is 4. The van der Waals surface area contributed by atoms with Crippen LogP contribution in [0, 0.1) is 17.4 Å². The van der Waals surface area contributed by atoms with Crippen molar-refractivity contribution in [3.63, 3.8) is 0 Å². The molecule has 0 radical (unpaired) electrons. The van der Waals surface area contributed by atoms with Gasteiger partial charge < -0.3 is 10.4 Å². The van der Waals surface area contributed by atoms with E-state index in [0.29, 0.717) is 44.9 Å². The number of hydrogen-bond donors (Lipinski definition) is 2. The number of ketones is 1. The Labute approximate surface area is 259 Å². The zero-order chi connectivity index (χ0) is 31.0.